The molecule has 0 aromatic rings. The van der Waals surface area contributed by atoms with Gasteiger partial charge >= 0.3 is 0 Å². The van der Waals surface area contributed by atoms with Crippen LogP contribution in [0.25, 0.3) is 0 Å². The third-order valence-electron chi connectivity index (χ3n) is 4.86. The van der Waals surface area contributed by atoms with Gasteiger partial charge in [0.2, 0.25) is 0 Å². The second kappa shape index (κ2) is 14.8. The van der Waals surface area contributed by atoms with Gasteiger partial charge in [0.1, 0.15) is 9.84 Å². The van der Waals surface area contributed by atoms with E-state index in [-0.39, 0.29) is 35.8 Å². The predicted molar refractivity (Wildman–Crippen MR) is 129 cm³/mol. The molecule has 1 heterocycles. The Morgan fingerprint density at radius 2 is 1.89 bits per heavy atom. The molecule has 0 aromatic heterocycles. The van der Waals surface area contributed by atoms with Crippen LogP contribution >= 0.6 is 24.0 Å². The molecular weight excluding hydrogens is 491 g/mol. The van der Waals surface area contributed by atoms with E-state index in [0.29, 0.717) is 18.5 Å². The summed E-state index contributed by atoms with van der Waals surface area (Å²) in [6.07, 6.45) is 4.48. The molecule has 0 aromatic carbocycles. The van der Waals surface area contributed by atoms with Crippen LogP contribution < -0.4 is 10.6 Å². The van der Waals surface area contributed by atoms with E-state index >= 15 is 0 Å². The summed E-state index contributed by atoms with van der Waals surface area (Å²) in [5, 5.41) is 6.86. The number of rotatable bonds is 11. The summed E-state index contributed by atoms with van der Waals surface area (Å²) >= 11 is 0. The summed E-state index contributed by atoms with van der Waals surface area (Å²) in [7, 11) is -2.89. The standard InChI is InChI=1S/C19H40N4O3S.HI/c1-6-20-19(21-11-8-18(16(3)4)26-7-2)22-17-9-12-23(13-10-17)14-15-27(5,24)25;/h16-18H,6-15H2,1-5H3,(H2,20,21,22);1H. The number of nitrogens with one attached hydrogen (secondary N) is 2. The maximum Gasteiger partial charge on any atom is 0.191 e. The molecule has 2 N–H and O–H groups in total. The monoisotopic (exact) mass is 532 g/mol. The minimum atomic E-state index is -2.89. The van der Waals surface area contributed by atoms with Gasteiger partial charge < -0.3 is 20.3 Å². The fraction of sp³-hybridized carbons (Fsp3) is 0.947. The summed E-state index contributed by atoms with van der Waals surface area (Å²) in [6, 6.07) is 0.380. The Morgan fingerprint density at radius 3 is 2.39 bits per heavy atom. The maximum absolute atomic E-state index is 11.3. The smallest absolute Gasteiger partial charge is 0.191 e. The Bertz CT molecular complexity index is 535. The van der Waals surface area contributed by atoms with Crippen molar-refractivity contribution in [3.05, 3.63) is 0 Å². The molecule has 0 amide bonds. The molecule has 0 radical (unpaired) electrons. The zero-order valence-electron chi connectivity index (χ0n) is 18.2. The molecule has 0 saturated carbocycles. The maximum atomic E-state index is 11.3. The number of aliphatic imine (C=N–C) groups is 1. The summed E-state index contributed by atoms with van der Waals surface area (Å²) in [4.78, 5) is 6.96. The number of likely N-dealkylation sites (tertiary alicyclic amines) is 1. The average Bonchev–Trinajstić information content (AvgIpc) is 2.59. The van der Waals surface area contributed by atoms with Crippen molar-refractivity contribution < 1.29 is 13.2 Å². The largest absolute Gasteiger partial charge is 0.378 e. The normalized spacial score (nSPS) is 18.0. The van der Waals surface area contributed by atoms with Gasteiger partial charge in [0, 0.05) is 51.6 Å². The average molecular weight is 533 g/mol. The van der Waals surface area contributed by atoms with Crippen LogP contribution in [-0.2, 0) is 14.6 Å². The second-order valence-electron chi connectivity index (χ2n) is 7.68. The van der Waals surface area contributed by atoms with E-state index in [9.17, 15) is 8.42 Å². The van der Waals surface area contributed by atoms with Crippen LogP contribution in [0.4, 0.5) is 0 Å². The van der Waals surface area contributed by atoms with Gasteiger partial charge in [-0.05, 0) is 39.0 Å². The van der Waals surface area contributed by atoms with Crippen LogP contribution in [0.15, 0.2) is 4.99 Å². The van der Waals surface area contributed by atoms with Crippen molar-refractivity contribution in [2.24, 2.45) is 10.9 Å². The minimum absolute atomic E-state index is 0. The molecule has 0 bridgehead atoms. The van der Waals surface area contributed by atoms with Crippen molar-refractivity contribution in [2.45, 2.75) is 59.1 Å². The third-order valence-corrected chi connectivity index (χ3v) is 5.78. The van der Waals surface area contributed by atoms with E-state index < -0.39 is 9.84 Å². The lowest BCUT2D eigenvalue weighted by Gasteiger charge is -2.33. The van der Waals surface area contributed by atoms with Gasteiger partial charge in [-0.15, -0.1) is 24.0 Å². The van der Waals surface area contributed by atoms with E-state index in [0.717, 1.165) is 58.0 Å². The lowest BCUT2D eigenvalue weighted by molar-refractivity contribution is 0.0266. The van der Waals surface area contributed by atoms with Gasteiger partial charge in [-0.2, -0.15) is 0 Å². The molecule has 0 spiro atoms. The Morgan fingerprint density at radius 1 is 1.25 bits per heavy atom. The number of halogens is 1. The summed E-state index contributed by atoms with van der Waals surface area (Å²) < 4.78 is 28.4. The van der Waals surface area contributed by atoms with Crippen molar-refractivity contribution in [3.8, 4) is 0 Å². The molecule has 1 aliphatic rings. The first-order chi connectivity index (χ1) is 12.7. The van der Waals surface area contributed by atoms with Crippen LogP contribution in [0, 0.1) is 5.92 Å². The van der Waals surface area contributed by atoms with Gasteiger partial charge in [0.15, 0.2) is 5.96 Å². The van der Waals surface area contributed by atoms with Crippen LogP contribution in [0.3, 0.4) is 0 Å². The second-order valence-corrected chi connectivity index (χ2v) is 9.94. The van der Waals surface area contributed by atoms with Crippen LogP contribution in [-0.4, -0.2) is 82.8 Å². The number of hydrogen-bond acceptors (Lipinski definition) is 5. The Balaban J connectivity index is 0.00000729. The van der Waals surface area contributed by atoms with Gasteiger partial charge in [-0.25, -0.2) is 8.42 Å². The quantitative estimate of drug-likeness (QED) is 0.241. The van der Waals surface area contributed by atoms with Crippen molar-refractivity contribution in [3.63, 3.8) is 0 Å². The number of nitrogens with zero attached hydrogens (tertiary/aromatic N) is 2. The number of ether oxygens (including phenoxy) is 1. The fourth-order valence-electron chi connectivity index (χ4n) is 3.24. The van der Waals surface area contributed by atoms with Crippen molar-refractivity contribution in [1.29, 1.82) is 0 Å². The SMILES string of the molecule is CCNC(=NCCC(OCC)C(C)C)NC1CCN(CCS(C)(=O)=O)CC1.I. The first-order valence-electron chi connectivity index (χ1n) is 10.3. The molecule has 168 valence electrons. The molecular formula is C19H41IN4O3S. The van der Waals surface area contributed by atoms with Crippen LogP contribution in [0.5, 0.6) is 0 Å². The molecule has 1 unspecified atom stereocenters. The fourth-order valence-corrected chi connectivity index (χ4v) is 3.83. The molecule has 1 atom stereocenters. The van der Waals surface area contributed by atoms with Crippen LogP contribution in [0.1, 0.15) is 47.0 Å². The highest BCUT2D eigenvalue weighted by molar-refractivity contribution is 14.0. The van der Waals surface area contributed by atoms with E-state index in [1.807, 2.05) is 6.92 Å². The van der Waals surface area contributed by atoms with E-state index in [1.54, 1.807) is 0 Å². The molecule has 1 saturated heterocycles. The van der Waals surface area contributed by atoms with Gasteiger partial charge in [-0.1, -0.05) is 13.8 Å². The summed E-state index contributed by atoms with van der Waals surface area (Å²) in [5.41, 5.74) is 0. The molecule has 1 aliphatic heterocycles. The zero-order chi connectivity index (χ0) is 20.3. The molecule has 0 aliphatic carbocycles. The van der Waals surface area contributed by atoms with E-state index in [2.05, 4.69) is 36.3 Å². The topological polar surface area (TPSA) is 83.0 Å². The highest BCUT2D eigenvalue weighted by atomic mass is 127. The number of guanidine groups is 1. The number of piperidine rings is 1. The molecule has 9 heteroatoms. The van der Waals surface area contributed by atoms with Gasteiger partial charge in [0.05, 0.1) is 11.9 Å². The lowest BCUT2D eigenvalue weighted by Crippen LogP contribution is -2.49. The van der Waals surface area contributed by atoms with Crippen molar-refractivity contribution >= 4 is 39.8 Å². The summed E-state index contributed by atoms with van der Waals surface area (Å²) in [6.45, 7) is 13.3. The van der Waals surface area contributed by atoms with Gasteiger partial charge in [0.25, 0.3) is 0 Å². The van der Waals surface area contributed by atoms with Gasteiger partial charge in [-0.3, -0.25) is 4.99 Å². The lowest BCUT2D eigenvalue weighted by atomic mass is 10.0. The zero-order valence-corrected chi connectivity index (χ0v) is 21.4. The van der Waals surface area contributed by atoms with Crippen molar-refractivity contribution in [2.75, 3.05) is 51.3 Å². The summed E-state index contributed by atoms with van der Waals surface area (Å²) in [5.74, 6) is 1.60. The Kier molecular flexibility index (Phi) is 14.7. The Hall–Kier alpha value is -0.130. The first-order valence-corrected chi connectivity index (χ1v) is 12.4. The third kappa shape index (κ3) is 12.4. The van der Waals surface area contributed by atoms with E-state index in [4.69, 9.17) is 9.73 Å². The minimum Gasteiger partial charge on any atom is -0.378 e. The number of sulfone groups is 1. The van der Waals surface area contributed by atoms with Crippen molar-refractivity contribution in [1.82, 2.24) is 15.5 Å². The highest BCUT2D eigenvalue weighted by Crippen LogP contribution is 2.12. The molecule has 1 rings (SSSR count). The van der Waals surface area contributed by atoms with E-state index in [1.165, 1.54) is 6.26 Å². The number of hydrogen-bond donors (Lipinski definition) is 2. The predicted octanol–water partition coefficient (Wildman–Crippen LogP) is 2.12. The first kappa shape index (κ1) is 27.9. The highest BCUT2D eigenvalue weighted by Gasteiger charge is 2.21. The molecule has 1 fully saturated rings. The molecule has 7 nitrogen and oxygen atoms in total. The molecule has 28 heavy (non-hydrogen) atoms. The van der Waals surface area contributed by atoms with Crippen LogP contribution in [0.2, 0.25) is 0 Å². The Labute approximate surface area is 189 Å².